The minimum Gasteiger partial charge on any atom is -0.368 e. The van der Waals surface area contributed by atoms with Gasteiger partial charge in [-0.05, 0) is 67.2 Å². The molecule has 1 aromatic carbocycles. The number of hydrogen-bond acceptors (Lipinski definition) is 5. The molecule has 8 heteroatoms. The van der Waals surface area contributed by atoms with Gasteiger partial charge in [-0.3, -0.25) is 4.79 Å². The van der Waals surface area contributed by atoms with Crippen LogP contribution in [0.4, 0.5) is 10.1 Å². The minimum atomic E-state index is -0.626. The van der Waals surface area contributed by atoms with E-state index < -0.39 is 11.9 Å². The Balaban J connectivity index is 1.49. The number of carbonyl (C=O) groups is 1. The number of benzene rings is 1. The summed E-state index contributed by atoms with van der Waals surface area (Å²) in [7, 11) is 0. The fourth-order valence-corrected chi connectivity index (χ4v) is 2.59. The number of halogens is 1. The lowest BCUT2D eigenvalue weighted by atomic mass is 10.2. The third-order valence-corrected chi connectivity index (χ3v) is 4.54. The Morgan fingerprint density at radius 3 is 2.92 bits per heavy atom. The molecule has 1 amide bonds. The fourth-order valence-electron chi connectivity index (χ4n) is 2.59. The number of amides is 1. The highest BCUT2D eigenvalue weighted by Crippen LogP contribution is 2.39. The largest absolute Gasteiger partial charge is 0.368 e. The predicted molar refractivity (Wildman–Crippen MR) is 87.9 cm³/mol. The third-order valence-electron chi connectivity index (χ3n) is 4.54. The van der Waals surface area contributed by atoms with Crippen LogP contribution in [-0.4, -0.2) is 38.8 Å². The van der Waals surface area contributed by atoms with E-state index in [0.29, 0.717) is 24.1 Å². The summed E-state index contributed by atoms with van der Waals surface area (Å²) in [5.74, 6) is 0.818. The number of aromatic nitrogens is 4. The Bertz CT molecular complexity index is 785. The van der Waals surface area contributed by atoms with Crippen LogP contribution in [0.25, 0.3) is 5.69 Å². The van der Waals surface area contributed by atoms with E-state index in [9.17, 15) is 9.18 Å². The number of ether oxygens (including phenoxy) is 1. The predicted octanol–water partition coefficient (Wildman–Crippen LogP) is 2.43. The van der Waals surface area contributed by atoms with Crippen molar-refractivity contribution < 1.29 is 13.9 Å². The molecule has 1 aromatic heterocycles. The summed E-state index contributed by atoms with van der Waals surface area (Å²) in [5.41, 5.74) is 0.719. The summed E-state index contributed by atoms with van der Waals surface area (Å²) >= 11 is 0. The molecule has 2 aliphatic rings. The van der Waals surface area contributed by atoms with Crippen LogP contribution in [0, 0.1) is 11.7 Å². The van der Waals surface area contributed by atoms with Gasteiger partial charge in [0.25, 0.3) is 5.91 Å². The first-order chi connectivity index (χ1) is 12.1. The van der Waals surface area contributed by atoms with E-state index in [-0.39, 0.29) is 11.6 Å². The summed E-state index contributed by atoms with van der Waals surface area (Å²) in [6.45, 7) is 2.25. The Labute approximate surface area is 144 Å². The Hall–Kier alpha value is -2.35. The van der Waals surface area contributed by atoms with Crippen LogP contribution < -0.4 is 5.32 Å². The van der Waals surface area contributed by atoms with E-state index in [0.717, 1.165) is 31.5 Å². The number of nitrogens with zero attached hydrogens (tertiary/aromatic N) is 4. The van der Waals surface area contributed by atoms with Crippen molar-refractivity contribution in [2.24, 2.45) is 5.92 Å². The maximum atomic E-state index is 14.1. The molecule has 1 N–H and O–H groups in total. The Morgan fingerprint density at radius 2 is 2.20 bits per heavy atom. The third kappa shape index (κ3) is 3.68. The summed E-state index contributed by atoms with van der Waals surface area (Å²) in [4.78, 5) is 12.2. The van der Waals surface area contributed by atoms with Gasteiger partial charge < -0.3 is 10.1 Å². The van der Waals surface area contributed by atoms with Gasteiger partial charge in [-0.25, -0.2) is 4.39 Å². The molecule has 2 fully saturated rings. The van der Waals surface area contributed by atoms with E-state index in [1.165, 1.54) is 6.07 Å². The molecule has 2 aromatic rings. The zero-order valence-corrected chi connectivity index (χ0v) is 14.0. The van der Waals surface area contributed by atoms with Gasteiger partial charge in [0.15, 0.2) is 5.82 Å². The van der Waals surface area contributed by atoms with Gasteiger partial charge in [0, 0.05) is 5.92 Å². The first-order valence-corrected chi connectivity index (χ1v) is 8.62. The van der Waals surface area contributed by atoms with E-state index in [1.807, 2.05) is 0 Å². The molecule has 25 heavy (non-hydrogen) atoms. The van der Waals surface area contributed by atoms with E-state index in [1.54, 1.807) is 23.7 Å². The summed E-state index contributed by atoms with van der Waals surface area (Å²) in [6, 6.07) is 4.45. The quantitative estimate of drug-likeness (QED) is 0.833. The van der Waals surface area contributed by atoms with Gasteiger partial charge >= 0.3 is 0 Å². The Morgan fingerprint density at radius 1 is 1.40 bits per heavy atom. The number of nitrogens with one attached hydrogen (secondary N) is 1. The van der Waals surface area contributed by atoms with E-state index >= 15 is 0 Å². The molecule has 0 unspecified atom stereocenters. The molecule has 0 radical (unpaired) electrons. The first-order valence-electron chi connectivity index (χ1n) is 8.62. The zero-order chi connectivity index (χ0) is 17.4. The zero-order valence-electron chi connectivity index (χ0n) is 14.0. The molecule has 1 heterocycles. The average Bonchev–Trinajstić information content (AvgIpc) is 3.54. The topological polar surface area (TPSA) is 81.9 Å². The first kappa shape index (κ1) is 16.1. The second kappa shape index (κ2) is 6.51. The molecule has 7 nitrogen and oxygen atoms in total. The van der Waals surface area contributed by atoms with Gasteiger partial charge in [0.05, 0.1) is 18.0 Å². The standard InChI is InChI=1S/C17H20FN5O2/c1-10(25-9-11-2-3-11)17(24)19-15-8-13(6-7-14(15)18)23-16(12-4-5-12)20-21-22-23/h6-8,10-12H,2-5,9H2,1H3,(H,19,24)/t10-/m1/s1. The monoisotopic (exact) mass is 345 g/mol. The van der Waals surface area contributed by atoms with Crippen molar-refractivity contribution >= 4 is 11.6 Å². The van der Waals surface area contributed by atoms with E-state index in [4.69, 9.17) is 4.74 Å². The van der Waals surface area contributed by atoms with Crippen LogP contribution in [-0.2, 0) is 9.53 Å². The molecule has 2 saturated carbocycles. The molecule has 132 valence electrons. The lowest BCUT2D eigenvalue weighted by Crippen LogP contribution is -2.28. The molecular weight excluding hydrogens is 325 g/mol. The highest BCUT2D eigenvalue weighted by molar-refractivity contribution is 5.94. The number of anilines is 1. The average molecular weight is 345 g/mol. The van der Waals surface area contributed by atoms with Crippen LogP contribution >= 0.6 is 0 Å². The highest BCUT2D eigenvalue weighted by atomic mass is 19.1. The molecule has 4 rings (SSSR count). The van der Waals surface area contributed by atoms with Crippen molar-refractivity contribution in [1.82, 2.24) is 20.2 Å². The molecule has 0 aliphatic heterocycles. The van der Waals surface area contributed by atoms with Crippen molar-refractivity contribution in [3.05, 3.63) is 29.8 Å². The number of carbonyl (C=O) groups excluding carboxylic acids is 1. The van der Waals surface area contributed by atoms with Crippen LogP contribution in [0.5, 0.6) is 0 Å². The van der Waals surface area contributed by atoms with Crippen LogP contribution in [0.15, 0.2) is 18.2 Å². The van der Waals surface area contributed by atoms with Crippen LogP contribution in [0.2, 0.25) is 0 Å². The number of rotatable bonds is 7. The van der Waals surface area contributed by atoms with Crippen molar-refractivity contribution in [3.8, 4) is 5.69 Å². The van der Waals surface area contributed by atoms with Gasteiger partial charge in [0.1, 0.15) is 11.9 Å². The molecule has 0 saturated heterocycles. The van der Waals surface area contributed by atoms with Gasteiger partial charge in [-0.15, -0.1) is 5.10 Å². The van der Waals surface area contributed by atoms with Crippen molar-refractivity contribution in [1.29, 1.82) is 0 Å². The second-order valence-electron chi connectivity index (χ2n) is 6.80. The molecule has 2 aliphatic carbocycles. The summed E-state index contributed by atoms with van der Waals surface area (Å²) in [5, 5.41) is 14.3. The van der Waals surface area contributed by atoms with Crippen LogP contribution in [0.3, 0.4) is 0 Å². The fraction of sp³-hybridized carbons (Fsp3) is 0.529. The van der Waals surface area contributed by atoms with Crippen molar-refractivity contribution in [3.63, 3.8) is 0 Å². The number of tetrazole rings is 1. The highest BCUT2D eigenvalue weighted by Gasteiger charge is 2.30. The lowest BCUT2D eigenvalue weighted by Gasteiger charge is -2.14. The Kier molecular flexibility index (Phi) is 4.20. The summed E-state index contributed by atoms with van der Waals surface area (Å²) in [6.07, 6.45) is 3.79. The van der Waals surface area contributed by atoms with Crippen molar-refractivity contribution in [2.75, 3.05) is 11.9 Å². The van der Waals surface area contributed by atoms with Crippen molar-refractivity contribution in [2.45, 2.75) is 44.6 Å². The molecule has 0 bridgehead atoms. The lowest BCUT2D eigenvalue weighted by molar-refractivity contribution is -0.126. The van der Waals surface area contributed by atoms with Gasteiger partial charge in [0.2, 0.25) is 0 Å². The smallest absolute Gasteiger partial charge is 0.253 e. The normalized spacial score (nSPS) is 18.2. The molecule has 0 spiro atoms. The molecule has 1 atom stereocenters. The summed E-state index contributed by atoms with van der Waals surface area (Å²) < 4.78 is 21.2. The maximum Gasteiger partial charge on any atom is 0.253 e. The van der Waals surface area contributed by atoms with Gasteiger partial charge in [-0.2, -0.15) is 4.68 Å². The number of hydrogen-bond donors (Lipinski definition) is 1. The van der Waals surface area contributed by atoms with E-state index in [2.05, 4.69) is 20.8 Å². The van der Waals surface area contributed by atoms with Crippen LogP contribution in [0.1, 0.15) is 44.3 Å². The minimum absolute atomic E-state index is 0.0987. The van der Waals surface area contributed by atoms with Gasteiger partial charge in [-0.1, -0.05) is 0 Å². The second-order valence-corrected chi connectivity index (χ2v) is 6.80. The molecular formula is C17H20FN5O2. The SMILES string of the molecule is C[C@@H](OCC1CC1)C(=O)Nc1cc(-n2nnnc2C2CC2)ccc1F. The maximum absolute atomic E-state index is 14.1.